The average Bonchev–Trinajstić information content (AvgIpc) is 2.72. The van der Waals surface area contributed by atoms with Crippen LogP contribution in [0.1, 0.15) is 25.0 Å². The molecule has 0 saturated carbocycles. The third-order valence-corrected chi connectivity index (χ3v) is 3.23. The van der Waals surface area contributed by atoms with Gasteiger partial charge < -0.3 is 5.73 Å². The summed E-state index contributed by atoms with van der Waals surface area (Å²) in [6, 6.07) is 7.27. The molecule has 0 fully saturated rings. The van der Waals surface area contributed by atoms with Crippen molar-refractivity contribution in [1.29, 1.82) is 5.26 Å². The van der Waals surface area contributed by atoms with Crippen LogP contribution in [0.5, 0.6) is 0 Å². The van der Waals surface area contributed by atoms with Gasteiger partial charge in [-0.25, -0.2) is 4.90 Å². The Morgan fingerprint density at radius 1 is 1.53 bits per heavy atom. The van der Waals surface area contributed by atoms with Crippen molar-refractivity contribution in [3.05, 3.63) is 29.3 Å². The van der Waals surface area contributed by atoms with Crippen LogP contribution >= 0.6 is 0 Å². The van der Waals surface area contributed by atoms with Crippen molar-refractivity contribution in [3.8, 4) is 6.07 Å². The largest absolute Gasteiger partial charge is 0.326 e. The summed E-state index contributed by atoms with van der Waals surface area (Å²) in [6.07, 6.45) is 0.177. The van der Waals surface area contributed by atoms with Gasteiger partial charge in [0, 0.05) is 6.54 Å². The molecule has 0 aliphatic carbocycles. The molecule has 5 heteroatoms. The second kappa shape index (κ2) is 4.48. The number of carbonyl (C=O) groups excluding carboxylic acids is 2. The predicted octanol–water partition coefficient (Wildman–Crippen LogP) is 1.11. The van der Waals surface area contributed by atoms with Crippen LogP contribution in [-0.4, -0.2) is 11.8 Å². The minimum absolute atomic E-state index is 0.177. The molecule has 5 nitrogen and oxygen atoms in total. The van der Waals surface area contributed by atoms with Crippen LogP contribution < -0.4 is 10.6 Å². The van der Waals surface area contributed by atoms with Gasteiger partial charge in [-0.2, -0.15) is 5.26 Å². The highest BCUT2D eigenvalue weighted by Crippen LogP contribution is 2.33. The van der Waals surface area contributed by atoms with Crippen LogP contribution in [0.4, 0.5) is 5.69 Å². The SMILES string of the molecule is CC(C)(C#N)C(=O)N1C(=O)Cc2cc(CN)ccc21. The molecule has 0 saturated heterocycles. The van der Waals surface area contributed by atoms with Crippen molar-refractivity contribution in [2.24, 2.45) is 11.1 Å². The van der Waals surface area contributed by atoms with Crippen LogP contribution in [0, 0.1) is 16.7 Å². The summed E-state index contributed by atoms with van der Waals surface area (Å²) in [4.78, 5) is 25.4. The summed E-state index contributed by atoms with van der Waals surface area (Å²) in [7, 11) is 0. The normalized spacial score (nSPS) is 14.2. The summed E-state index contributed by atoms with van der Waals surface area (Å²) in [5, 5.41) is 9.02. The second-order valence-corrected chi connectivity index (χ2v) is 5.12. The van der Waals surface area contributed by atoms with Crippen LogP contribution in [0.25, 0.3) is 0 Å². The lowest BCUT2D eigenvalue weighted by Gasteiger charge is -2.22. The Hall–Kier alpha value is -2.19. The fraction of sp³-hybridized carbons (Fsp3) is 0.357. The fourth-order valence-electron chi connectivity index (χ4n) is 2.05. The van der Waals surface area contributed by atoms with Crippen molar-refractivity contribution >= 4 is 17.5 Å². The smallest absolute Gasteiger partial charge is 0.253 e. The first-order valence-electron chi connectivity index (χ1n) is 6.01. The van der Waals surface area contributed by atoms with E-state index in [0.717, 1.165) is 16.0 Å². The van der Waals surface area contributed by atoms with Gasteiger partial charge in [0.15, 0.2) is 0 Å². The van der Waals surface area contributed by atoms with E-state index in [2.05, 4.69) is 0 Å². The van der Waals surface area contributed by atoms with Crippen LogP contribution in [0.3, 0.4) is 0 Å². The summed E-state index contributed by atoms with van der Waals surface area (Å²) < 4.78 is 0. The Bertz CT molecular complexity index is 599. The number of fused-ring (bicyclic) bond motifs is 1. The standard InChI is InChI=1S/C14H15N3O2/c1-14(2,8-16)13(19)17-11-4-3-9(7-15)5-10(11)6-12(17)18/h3-5H,6-7,15H2,1-2H3. The Kier molecular flexibility index (Phi) is 3.13. The molecule has 0 aromatic heterocycles. The molecule has 1 aliphatic heterocycles. The number of hydrogen-bond donors (Lipinski definition) is 1. The molecule has 1 heterocycles. The first-order valence-corrected chi connectivity index (χ1v) is 6.01. The van der Waals surface area contributed by atoms with Gasteiger partial charge >= 0.3 is 0 Å². The van der Waals surface area contributed by atoms with Gasteiger partial charge in [0.1, 0.15) is 5.41 Å². The molecule has 2 N–H and O–H groups in total. The highest BCUT2D eigenvalue weighted by atomic mass is 16.2. The number of amides is 2. The average molecular weight is 257 g/mol. The van der Waals surface area contributed by atoms with Crippen molar-refractivity contribution in [1.82, 2.24) is 0 Å². The Morgan fingerprint density at radius 3 is 2.79 bits per heavy atom. The zero-order valence-electron chi connectivity index (χ0n) is 10.9. The van der Waals surface area contributed by atoms with E-state index in [-0.39, 0.29) is 12.3 Å². The van der Waals surface area contributed by atoms with Gasteiger partial charge in [0.25, 0.3) is 5.91 Å². The Balaban J connectivity index is 2.44. The maximum Gasteiger partial charge on any atom is 0.253 e. The Morgan fingerprint density at radius 2 is 2.21 bits per heavy atom. The number of hydrogen-bond acceptors (Lipinski definition) is 4. The number of nitrogens with two attached hydrogens (primary N) is 1. The van der Waals surface area contributed by atoms with Crippen molar-refractivity contribution < 1.29 is 9.59 Å². The lowest BCUT2D eigenvalue weighted by molar-refractivity contribution is -0.129. The third kappa shape index (κ3) is 2.11. The number of rotatable bonds is 2. The predicted molar refractivity (Wildman–Crippen MR) is 69.9 cm³/mol. The molecule has 1 aromatic carbocycles. The van der Waals surface area contributed by atoms with Gasteiger partial charge in [0.2, 0.25) is 5.91 Å². The molecular formula is C14H15N3O2. The molecule has 0 bridgehead atoms. The highest BCUT2D eigenvalue weighted by molar-refractivity contribution is 6.21. The molecule has 19 heavy (non-hydrogen) atoms. The third-order valence-electron chi connectivity index (χ3n) is 3.23. The van der Waals surface area contributed by atoms with E-state index in [1.165, 1.54) is 13.8 Å². The number of benzene rings is 1. The van der Waals surface area contributed by atoms with E-state index in [4.69, 9.17) is 11.0 Å². The van der Waals surface area contributed by atoms with Crippen molar-refractivity contribution in [2.45, 2.75) is 26.8 Å². The number of nitrogens with zero attached hydrogens (tertiary/aromatic N) is 2. The minimum Gasteiger partial charge on any atom is -0.326 e. The molecule has 0 radical (unpaired) electrons. The van der Waals surface area contributed by atoms with Crippen molar-refractivity contribution in [2.75, 3.05) is 4.90 Å². The summed E-state index contributed by atoms with van der Waals surface area (Å²) in [6.45, 7) is 3.41. The number of anilines is 1. The van der Waals surface area contributed by atoms with Crippen LogP contribution in [0.15, 0.2) is 18.2 Å². The second-order valence-electron chi connectivity index (χ2n) is 5.12. The zero-order valence-corrected chi connectivity index (χ0v) is 10.9. The molecular weight excluding hydrogens is 242 g/mol. The fourth-order valence-corrected chi connectivity index (χ4v) is 2.05. The van der Waals surface area contributed by atoms with E-state index in [9.17, 15) is 9.59 Å². The van der Waals surface area contributed by atoms with Crippen LogP contribution in [0.2, 0.25) is 0 Å². The van der Waals surface area contributed by atoms with E-state index in [0.29, 0.717) is 12.2 Å². The molecule has 0 unspecified atom stereocenters. The zero-order chi connectivity index (χ0) is 14.2. The monoisotopic (exact) mass is 257 g/mol. The van der Waals surface area contributed by atoms with Gasteiger partial charge in [-0.15, -0.1) is 0 Å². The lowest BCUT2D eigenvalue weighted by atomic mass is 9.94. The molecule has 1 aromatic rings. The van der Waals surface area contributed by atoms with E-state index < -0.39 is 11.3 Å². The van der Waals surface area contributed by atoms with Gasteiger partial charge in [-0.1, -0.05) is 12.1 Å². The summed E-state index contributed by atoms with van der Waals surface area (Å²) >= 11 is 0. The lowest BCUT2D eigenvalue weighted by Crippen LogP contribution is -2.42. The first kappa shape index (κ1) is 13.2. The molecule has 0 spiro atoms. The number of carbonyl (C=O) groups is 2. The van der Waals surface area contributed by atoms with Gasteiger partial charge in [-0.3, -0.25) is 9.59 Å². The molecule has 2 amide bonds. The maximum atomic E-state index is 12.3. The molecule has 2 rings (SSSR count). The summed E-state index contributed by atoms with van der Waals surface area (Å²) in [5.41, 5.74) is 6.61. The number of imide groups is 1. The molecule has 98 valence electrons. The Labute approximate surface area is 111 Å². The molecule has 1 aliphatic rings. The van der Waals surface area contributed by atoms with E-state index in [1.54, 1.807) is 12.1 Å². The quantitative estimate of drug-likeness (QED) is 0.859. The van der Waals surface area contributed by atoms with Crippen molar-refractivity contribution in [3.63, 3.8) is 0 Å². The maximum absolute atomic E-state index is 12.3. The van der Waals surface area contributed by atoms with Gasteiger partial charge in [-0.05, 0) is 31.0 Å². The highest BCUT2D eigenvalue weighted by Gasteiger charge is 2.40. The summed E-state index contributed by atoms with van der Waals surface area (Å²) in [5.74, 6) is -0.781. The van der Waals surface area contributed by atoms with Crippen LogP contribution in [-0.2, 0) is 22.6 Å². The topological polar surface area (TPSA) is 87.2 Å². The van der Waals surface area contributed by atoms with Gasteiger partial charge in [0.05, 0.1) is 18.2 Å². The molecule has 0 atom stereocenters. The number of nitriles is 1. The van der Waals surface area contributed by atoms with E-state index in [1.807, 2.05) is 12.1 Å². The minimum atomic E-state index is -1.22. The van der Waals surface area contributed by atoms with E-state index >= 15 is 0 Å². The first-order chi connectivity index (χ1) is 8.90.